The van der Waals surface area contributed by atoms with Crippen LogP contribution >= 0.6 is 11.6 Å². The van der Waals surface area contributed by atoms with Crippen molar-refractivity contribution in [3.63, 3.8) is 0 Å². The number of halogens is 1. The Labute approximate surface area is 137 Å². The molecule has 4 heteroatoms. The molecule has 3 aliphatic rings. The lowest BCUT2D eigenvalue weighted by molar-refractivity contribution is -0.137. The molecule has 0 radical (unpaired) electrons. The van der Waals surface area contributed by atoms with Crippen molar-refractivity contribution in [2.75, 3.05) is 31.1 Å². The third kappa shape index (κ3) is 2.60. The van der Waals surface area contributed by atoms with Crippen LogP contribution in [-0.4, -0.2) is 37.0 Å². The molecule has 3 atom stereocenters. The fraction of sp³-hybridized carbons (Fsp3) is 0.611. The number of piperazine rings is 1. The van der Waals surface area contributed by atoms with Gasteiger partial charge in [-0.2, -0.15) is 0 Å². The van der Waals surface area contributed by atoms with Crippen LogP contribution in [0.3, 0.4) is 0 Å². The van der Waals surface area contributed by atoms with Gasteiger partial charge in [-0.25, -0.2) is 0 Å². The van der Waals surface area contributed by atoms with Gasteiger partial charge >= 0.3 is 0 Å². The van der Waals surface area contributed by atoms with Gasteiger partial charge in [0.25, 0.3) is 0 Å². The van der Waals surface area contributed by atoms with E-state index in [1.165, 1.54) is 24.9 Å². The molecule has 1 amide bonds. The Hall–Kier alpha value is -1.22. The highest BCUT2D eigenvalue weighted by atomic mass is 35.5. The summed E-state index contributed by atoms with van der Waals surface area (Å²) in [5, 5.41) is 0.772. The highest BCUT2D eigenvalue weighted by Crippen LogP contribution is 2.48. The predicted octanol–water partition coefficient (Wildman–Crippen LogP) is 3.42. The van der Waals surface area contributed by atoms with Crippen LogP contribution in [0, 0.1) is 17.8 Å². The number of hydrogen-bond donors (Lipinski definition) is 0. The molecule has 0 N–H and O–H groups in total. The van der Waals surface area contributed by atoms with Crippen LogP contribution in [0.5, 0.6) is 0 Å². The Morgan fingerprint density at radius 2 is 1.73 bits per heavy atom. The number of nitrogens with zero attached hydrogens (tertiary/aromatic N) is 2. The van der Waals surface area contributed by atoms with Crippen molar-refractivity contribution in [2.24, 2.45) is 17.8 Å². The first-order chi connectivity index (χ1) is 10.7. The maximum atomic E-state index is 12.8. The second-order valence-electron chi connectivity index (χ2n) is 7.07. The van der Waals surface area contributed by atoms with Gasteiger partial charge in [0.15, 0.2) is 0 Å². The average Bonchev–Trinajstić information content (AvgIpc) is 3.18. The molecular weight excluding hydrogens is 296 g/mol. The van der Waals surface area contributed by atoms with Gasteiger partial charge in [0.05, 0.1) is 0 Å². The van der Waals surface area contributed by atoms with Crippen molar-refractivity contribution in [1.29, 1.82) is 0 Å². The quantitative estimate of drug-likeness (QED) is 0.834. The summed E-state index contributed by atoms with van der Waals surface area (Å²) in [4.78, 5) is 17.2. The standard InChI is InChI=1S/C18H23ClN2O/c19-15-3-5-16(6-4-15)20-7-9-21(10-8-20)18(22)17-12-13-1-2-14(17)11-13/h3-6,13-14,17H,1-2,7-12H2/t13-,14-,17-/m0/s1. The number of anilines is 1. The molecule has 22 heavy (non-hydrogen) atoms. The number of fused-ring (bicyclic) bond motifs is 2. The fourth-order valence-corrected chi connectivity index (χ4v) is 4.74. The molecule has 1 saturated heterocycles. The van der Waals surface area contributed by atoms with Gasteiger partial charge in [0, 0.05) is 42.8 Å². The summed E-state index contributed by atoms with van der Waals surface area (Å²) in [6.45, 7) is 3.56. The van der Waals surface area contributed by atoms with Gasteiger partial charge in [-0.3, -0.25) is 4.79 Å². The molecule has 0 spiro atoms. The minimum absolute atomic E-state index is 0.334. The number of carbonyl (C=O) groups is 1. The molecular formula is C18H23ClN2O. The van der Waals surface area contributed by atoms with Gasteiger partial charge in [0.1, 0.15) is 0 Å². The van der Waals surface area contributed by atoms with E-state index in [2.05, 4.69) is 21.9 Å². The summed E-state index contributed by atoms with van der Waals surface area (Å²) in [5.41, 5.74) is 1.21. The molecule has 4 rings (SSSR count). The van der Waals surface area contributed by atoms with Crippen molar-refractivity contribution in [1.82, 2.24) is 4.90 Å². The monoisotopic (exact) mass is 318 g/mol. The Bertz CT molecular complexity index is 551. The lowest BCUT2D eigenvalue weighted by atomic mass is 9.87. The van der Waals surface area contributed by atoms with Gasteiger partial charge in [-0.05, 0) is 55.4 Å². The van der Waals surface area contributed by atoms with Gasteiger partial charge in [-0.15, -0.1) is 0 Å². The zero-order chi connectivity index (χ0) is 15.1. The van der Waals surface area contributed by atoms with Crippen LogP contribution < -0.4 is 4.90 Å². The number of benzene rings is 1. The van der Waals surface area contributed by atoms with Crippen LogP contribution in [-0.2, 0) is 4.79 Å². The van der Waals surface area contributed by atoms with Crippen LogP contribution in [0.1, 0.15) is 25.7 Å². The van der Waals surface area contributed by atoms with Crippen LogP contribution in [0.15, 0.2) is 24.3 Å². The summed E-state index contributed by atoms with van der Waals surface area (Å²) in [6, 6.07) is 8.00. The van der Waals surface area contributed by atoms with E-state index in [4.69, 9.17) is 11.6 Å². The SMILES string of the molecule is O=C([C@H]1C[C@H]2CC[C@H]1C2)N1CCN(c2ccc(Cl)cc2)CC1. The Balaban J connectivity index is 1.35. The molecule has 118 valence electrons. The van der Waals surface area contributed by atoms with E-state index in [0.29, 0.717) is 17.7 Å². The fourth-order valence-electron chi connectivity index (χ4n) is 4.62. The van der Waals surface area contributed by atoms with Crippen molar-refractivity contribution in [3.05, 3.63) is 29.3 Å². The second-order valence-corrected chi connectivity index (χ2v) is 7.51. The molecule has 2 bridgehead atoms. The molecule has 1 heterocycles. The first-order valence-electron chi connectivity index (χ1n) is 8.50. The van der Waals surface area contributed by atoms with Crippen molar-refractivity contribution in [2.45, 2.75) is 25.7 Å². The molecule has 2 saturated carbocycles. The number of amides is 1. The second kappa shape index (κ2) is 5.77. The van der Waals surface area contributed by atoms with E-state index >= 15 is 0 Å². The number of rotatable bonds is 2. The number of hydrogen-bond acceptors (Lipinski definition) is 2. The van der Waals surface area contributed by atoms with Crippen LogP contribution in [0.2, 0.25) is 5.02 Å². The Morgan fingerprint density at radius 3 is 2.32 bits per heavy atom. The van der Waals surface area contributed by atoms with E-state index < -0.39 is 0 Å². The smallest absolute Gasteiger partial charge is 0.226 e. The summed E-state index contributed by atoms with van der Waals surface area (Å²) in [7, 11) is 0. The zero-order valence-corrected chi connectivity index (χ0v) is 13.6. The molecule has 0 unspecified atom stereocenters. The van der Waals surface area contributed by atoms with E-state index in [1.54, 1.807) is 0 Å². The van der Waals surface area contributed by atoms with Gasteiger partial charge in [-0.1, -0.05) is 18.0 Å². The summed E-state index contributed by atoms with van der Waals surface area (Å²) >= 11 is 5.95. The normalized spacial score (nSPS) is 30.9. The van der Waals surface area contributed by atoms with Crippen LogP contribution in [0.25, 0.3) is 0 Å². The maximum absolute atomic E-state index is 12.8. The topological polar surface area (TPSA) is 23.6 Å². The van der Waals surface area contributed by atoms with Crippen LogP contribution in [0.4, 0.5) is 5.69 Å². The minimum Gasteiger partial charge on any atom is -0.368 e. The first-order valence-corrected chi connectivity index (χ1v) is 8.88. The maximum Gasteiger partial charge on any atom is 0.226 e. The molecule has 1 aliphatic heterocycles. The molecule has 3 fully saturated rings. The van der Waals surface area contributed by atoms with Gasteiger partial charge < -0.3 is 9.80 Å². The highest BCUT2D eigenvalue weighted by molar-refractivity contribution is 6.30. The summed E-state index contributed by atoms with van der Waals surface area (Å²) in [5.74, 6) is 2.30. The first kappa shape index (κ1) is 14.4. The molecule has 3 nitrogen and oxygen atoms in total. The lowest BCUT2D eigenvalue weighted by Crippen LogP contribution is -2.51. The van der Waals surface area contributed by atoms with Crippen molar-refractivity contribution in [3.8, 4) is 0 Å². The average molecular weight is 319 g/mol. The zero-order valence-electron chi connectivity index (χ0n) is 12.9. The third-order valence-corrected chi connectivity index (χ3v) is 6.09. The summed E-state index contributed by atoms with van der Waals surface area (Å²) < 4.78 is 0. The third-order valence-electron chi connectivity index (χ3n) is 5.84. The number of carbonyl (C=O) groups excluding carboxylic acids is 1. The molecule has 1 aromatic rings. The largest absolute Gasteiger partial charge is 0.368 e. The molecule has 2 aliphatic carbocycles. The highest BCUT2D eigenvalue weighted by Gasteiger charge is 2.44. The lowest BCUT2D eigenvalue weighted by Gasteiger charge is -2.38. The summed E-state index contributed by atoms with van der Waals surface area (Å²) in [6.07, 6.45) is 5.10. The van der Waals surface area contributed by atoms with Crippen molar-refractivity contribution >= 4 is 23.2 Å². The van der Waals surface area contributed by atoms with E-state index in [-0.39, 0.29) is 0 Å². The molecule has 0 aromatic heterocycles. The van der Waals surface area contributed by atoms with E-state index in [0.717, 1.165) is 43.5 Å². The molecule has 1 aromatic carbocycles. The minimum atomic E-state index is 0.334. The van der Waals surface area contributed by atoms with E-state index in [9.17, 15) is 4.79 Å². The van der Waals surface area contributed by atoms with Gasteiger partial charge in [0.2, 0.25) is 5.91 Å². The predicted molar refractivity (Wildman–Crippen MR) is 89.2 cm³/mol. The van der Waals surface area contributed by atoms with E-state index in [1.807, 2.05) is 12.1 Å². The Kier molecular flexibility index (Phi) is 3.77. The Morgan fingerprint density at radius 1 is 1.00 bits per heavy atom. The van der Waals surface area contributed by atoms with Crippen molar-refractivity contribution < 1.29 is 4.79 Å².